The fraction of sp³-hybridized carbons (Fsp3) is 0.438. The lowest BCUT2D eigenvalue weighted by atomic mass is 10.1. The number of carbonyl (C=O) groups excluding carboxylic acids is 2. The van der Waals surface area contributed by atoms with Gasteiger partial charge >= 0.3 is 5.97 Å². The van der Waals surface area contributed by atoms with Crippen LogP contribution in [0.25, 0.3) is 0 Å². The highest BCUT2D eigenvalue weighted by Gasteiger charge is 2.37. The standard InChI is InChI=1S/C16H20N2O5S/c1-9-3-4-13(23-2)12(5-9)18-7-10(6-14(18)19)15(20)17-11(8-24)16(21)22/h3-5,10-11,24H,6-8H2,1-2H3,(H,17,20)(H,21,22). The van der Waals surface area contributed by atoms with Gasteiger partial charge in [0.15, 0.2) is 0 Å². The first kappa shape index (κ1) is 18.1. The van der Waals surface area contributed by atoms with Crippen molar-refractivity contribution in [1.82, 2.24) is 5.32 Å². The smallest absolute Gasteiger partial charge is 0.327 e. The van der Waals surface area contributed by atoms with Crippen LogP contribution in [0.3, 0.4) is 0 Å². The Morgan fingerprint density at radius 1 is 1.50 bits per heavy atom. The van der Waals surface area contributed by atoms with Gasteiger partial charge in [0.05, 0.1) is 18.7 Å². The number of carboxylic acids is 1. The third kappa shape index (κ3) is 3.81. The van der Waals surface area contributed by atoms with Crippen molar-refractivity contribution >= 4 is 36.1 Å². The molecule has 24 heavy (non-hydrogen) atoms. The minimum Gasteiger partial charge on any atom is -0.495 e. The highest BCUT2D eigenvalue weighted by atomic mass is 32.1. The molecular weight excluding hydrogens is 332 g/mol. The number of hydrogen-bond acceptors (Lipinski definition) is 5. The second-order valence-corrected chi connectivity index (χ2v) is 6.03. The molecule has 0 saturated carbocycles. The molecule has 2 rings (SSSR count). The van der Waals surface area contributed by atoms with Crippen molar-refractivity contribution < 1.29 is 24.2 Å². The van der Waals surface area contributed by atoms with E-state index in [9.17, 15) is 14.4 Å². The lowest BCUT2D eigenvalue weighted by molar-refractivity contribution is -0.141. The summed E-state index contributed by atoms with van der Waals surface area (Å²) in [6.45, 7) is 2.08. The maximum Gasteiger partial charge on any atom is 0.327 e. The molecule has 2 unspecified atom stereocenters. The number of rotatable bonds is 6. The zero-order valence-electron chi connectivity index (χ0n) is 13.5. The topological polar surface area (TPSA) is 95.9 Å². The number of aliphatic carboxylic acids is 1. The van der Waals surface area contributed by atoms with Gasteiger partial charge in [0.25, 0.3) is 0 Å². The summed E-state index contributed by atoms with van der Waals surface area (Å²) in [7, 11) is 1.52. The van der Waals surface area contributed by atoms with Crippen molar-refractivity contribution in [3.8, 4) is 5.75 Å². The number of benzene rings is 1. The maximum atomic E-state index is 12.3. The van der Waals surface area contributed by atoms with E-state index in [4.69, 9.17) is 9.84 Å². The summed E-state index contributed by atoms with van der Waals surface area (Å²) >= 11 is 3.91. The van der Waals surface area contributed by atoms with Crippen LogP contribution in [0.4, 0.5) is 5.69 Å². The van der Waals surface area contributed by atoms with Crippen LogP contribution in [0.5, 0.6) is 5.75 Å². The van der Waals surface area contributed by atoms with Crippen LogP contribution >= 0.6 is 12.6 Å². The molecule has 8 heteroatoms. The Morgan fingerprint density at radius 2 is 2.21 bits per heavy atom. The van der Waals surface area contributed by atoms with E-state index in [1.807, 2.05) is 19.1 Å². The molecule has 2 N–H and O–H groups in total. The lowest BCUT2D eigenvalue weighted by Crippen LogP contribution is -2.45. The van der Waals surface area contributed by atoms with Crippen LogP contribution in [-0.4, -0.2) is 48.3 Å². The van der Waals surface area contributed by atoms with E-state index in [0.717, 1.165) is 5.56 Å². The molecule has 1 saturated heterocycles. The third-order valence-corrected chi connectivity index (χ3v) is 4.28. The van der Waals surface area contributed by atoms with Gasteiger partial charge in [0, 0.05) is 18.7 Å². The van der Waals surface area contributed by atoms with Crippen LogP contribution in [0, 0.1) is 12.8 Å². The van der Waals surface area contributed by atoms with Crippen LogP contribution < -0.4 is 15.0 Å². The molecule has 1 aliphatic rings. The quantitative estimate of drug-likeness (QED) is 0.660. The molecule has 0 aliphatic carbocycles. The van der Waals surface area contributed by atoms with Crippen molar-refractivity contribution in [2.75, 3.05) is 24.3 Å². The van der Waals surface area contributed by atoms with Gasteiger partial charge in [-0.2, -0.15) is 12.6 Å². The Morgan fingerprint density at radius 3 is 2.79 bits per heavy atom. The summed E-state index contributed by atoms with van der Waals surface area (Å²) < 4.78 is 5.29. The van der Waals surface area contributed by atoms with E-state index in [1.54, 1.807) is 6.07 Å². The van der Waals surface area contributed by atoms with Gasteiger partial charge in [0.1, 0.15) is 11.8 Å². The summed E-state index contributed by atoms with van der Waals surface area (Å²) in [6, 6.07) is 4.40. The largest absolute Gasteiger partial charge is 0.495 e. The Hall–Kier alpha value is -2.22. The number of carboxylic acid groups (broad SMARTS) is 1. The van der Waals surface area contributed by atoms with Crippen LogP contribution in [0.15, 0.2) is 18.2 Å². The number of nitrogens with one attached hydrogen (secondary N) is 1. The van der Waals surface area contributed by atoms with E-state index in [2.05, 4.69) is 17.9 Å². The van der Waals surface area contributed by atoms with Crippen LogP contribution in [0.2, 0.25) is 0 Å². The van der Waals surface area contributed by atoms with Crippen molar-refractivity contribution in [2.24, 2.45) is 5.92 Å². The highest BCUT2D eigenvalue weighted by molar-refractivity contribution is 7.80. The van der Waals surface area contributed by atoms with E-state index < -0.39 is 23.8 Å². The Kier molecular flexibility index (Phi) is 5.71. The molecule has 2 amide bonds. The second-order valence-electron chi connectivity index (χ2n) is 5.66. The van der Waals surface area contributed by atoms with Gasteiger partial charge < -0.3 is 20.1 Å². The molecule has 130 valence electrons. The fourth-order valence-electron chi connectivity index (χ4n) is 2.60. The minimum atomic E-state index is -1.15. The molecule has 0 radical (unpaired) electrons. The normalized spacial score (nSPS) is 18.4. The minimum absolute atomic E-state index is 0.0167. The number of nitrogens with zero attached hydrogens (tertiary/aromatic N) is 1. The summed E-state index contributed by atoms with van der Waals surface area (Å²) in [5, 5.41) is 11.4. The van der Waals surface area contributed by atoms with Crippen molar-refractivity contribution in [2.45, 2.75) is 19.4 Å². The number of anilines is 1. The Balaban J connectivity index is 2.15. The number of methoxy groups -OCH3 is 1. The molecule has 1 fully saturated rings. The molecule has 1 heterocycles. The monoisotopic (exact) mass is 352 g/mol. The van der Waals surface area contributed by atoms with Gasteiger partial charge in [-0.25, -0.2) is 4.79 Å². The SMILES string of the molecule is COc1ccc(C)cc1N1CC(C(=O)NC(CS)C(=O)O)CC1=O. The van der Waals surface area contributed by atoms with Crippen LogP contribution in [-0.2, 0) is 14.4 Å². The average molecular weight is 352 g/mol. The van der Waals surface area contributed by atoms with Gasteiger partial charge in [-0.1, -0.05) is 6.07 Å². The van der Waals surface area contributed by atoms with Gasteiger partial charge in [-0.3, -0.25) is 9.59 Å². The fourth-order valence-corrected chi connectivity index (χ4v) is 2.85. The highest BCUT2D eigenvalue weighted by Crippen LogP contribution is 2.33. The Labute approximate surface area is 145 Å². The first-order valence-electron chi connectivity index (χ1n) is 7.46. The van der Waals surface area contributed by atoms with Crippen molar-refractivity contribution in [3.63, 3.8) is 0 Å². The predicted octanol–water partition coefficient (Wildman–Crippen LogP) is 0.856. The molecule has 7 nitrogen and oxygen atoms in total. The second kappa shape index (κ2) is 7.57. The zero-order chi connectivity index (χ0) is 17.9. The lowest BCUT2D eigenvalue weighted by Gasteiger charge is -2.20. The van der Waals surface area contributed by atoms with E-state index in [-0.39, 0.29) is 24.6 Å². The molecule has 1 aliphatic heterocycles. The van der Waals surface area contributed by atoms with E-state index in [0.29, 0.717) is 11.4 Å². The zero-order valence-corrected chi connectivity index (χ0v) is 14.4. The number of carbonyl (C=O) groups is 3. The maximum absolute atomic E-state index is 12.3. The summed E-state index contributed by atoms with van der Waals surface area (Å²) in [4.78, 5) is 37.1. The third-order valence-electron chi connectivity index (χ3n) is 3.92. The number of amides is 2. The molecule has 1 aromatic rings. The summed E-state index contributed by atoms with van der Waals surface area (Å²) in [5.74, 6) is -1.88. The molecule has 2 atom stereocenters. The molecule has 0 bridgehead atoms. The van der Waals surface area contributed by atoms with Gasteiger partial charge in [-0.15, -0.1) is 0 Å². The predicted molar refractivity (Wildman–Crippen MR) is 91.6 cm³/mol. The molecule has 0 aromatic heterocycles. The first-order valence-corrected chi connectivity index (χ1v) is 8.09. The van der Waals surface area contributed by atoms with Crippen molar-refractivity contribution in [1.29, 1.82) is 0 Å². The molecular formula is C16H20N2O5S. The average Bonchev–Trinajstić information content (AvgIpc) is 2.93. The number of thiol groups is 1. The Bertz CT molecular complexity index is 664. The van der Waals surface area contributed by atoms with Crippen LogP contribution in [0.1, 0.15) is 12.0 Å². The van der Waals surface area contributed by atoms with Gasteiger partial charge in [-0.05, 0) is 24.6 Å². The summed E-state index contributed by atoms with van der Waals surface area (Å²) in [6.07, 6.45) is 0.0296. The van der Waals surface area contributed by atoms with E-state index >= 15 is 0 Å². The number of hydrogen-bond donors (Lipinski definition) is 3. The first-order chi connectivity index (χ1) is 11.4. The van der Waals surface area contributed by atoms with Gasteiger partial charge in [0.2, 0.25) is 11.8 Å². The molecule has 1 aromatic carbocycles. The van der Waals surface area contributed by atoms with E-state index in [1.165, 1.54) is 12.0 Å². The number of aryl methyl sites for hydroxylation is 1. The molecule has 0 spiro atoms. The van der Waals surface area contributed by atoms with Crippen molar-refractivity contribution in [3.05, 3.63) is 23.8 Å². The number of ether oxygens (including phenoxy) is 1. The summed E-state index contributed by atoms with van der Waals surface area (Å²) in [5.41, 5.74) is 1.58.